The van der Waals surface area contributed by atoms with Gasteiger partial charge in [-0.05, 0) is 17.7 Å². The van der Waals surface area contributed by atoms with Gasteiger partial charge in [0.25, 0.3) is 0 Å². The number of benzene rings is 1. The maximum absolute atomic E-state index is 12.3. The lowest BCUT2D eigenvalue weighted by Gasteiger charge is -1.95. The molecule has 0 aromatic heterocycles. The molecule has 60 valence electrons. The van der Waals surface area contributed by atoms with Crippen LogP contribution in [-0.2, 0) is 11.2 Å². The minimum atomic E-state index is -0.406. The summed E-state index contributed by atoms with van der Waals surface area (Å²) in [6.07, 6.45) is 0.167. The minimum Gasteiger partial charge on any atom is -0.369 e. The van der Waals surface area contributed by atoms with E-state index >= 15 is 0 Å². The molecule has 2 nitrogen and oxygen atoms in total. The Hall–Kier alpha value is -1.38. The van der Waals surface area contributed by atoms with Gasteiger partial charge in [-0.2, -0.15) is 0 Å². The minimum absolute atomic E-state index is 0. The average molecular weight is 155 g/mol. The predicted molar refractivity (Wildman–Crippen MR) is 41.4 cm³/mol. The van der Waals surface area contributed by atoms with E-state index in [9.17, 15) is 9.18 Å². The van der Waals surface area contributed by atoms with E-state index in [2.05, 4.69) is 0 Å². The second-order valence-corrected chi connectivity index (χ2v) is 2.27. The van der Waals surface area contributed by atoms with Crippen molar-refractivity contribution in [3.8, 4) is 0 Å². The van der Waals surface area contributed by atoms with Gasteiger partial charge in [-0.1, -0.05) is 12.1 Å². The molecule has 1 aromatic carbocycles. The molecule has 3 heteroatoms. The Labute approximate surface area is 65.3 Å². The molecule has 1 aromatic rings. The lowest BCUT2D eigenvalue weighted by atomic mass is 10.1. The lowest BCUT2D eigenvalue weighted by Crippen LogP contribution is -2.13. The number of primary amides is 1. The molecule has 0 saturated carbocycles. The first-order chi connectivity index (χ1) is 5.18. The number of carbonyl (C=O) groups excluding carboxylic acids is 1. The van der Waals surface area contributed by atoms with Gasteiger partial charge in [-0.3, -0.25) is 4.79 Å². The molecule has 0 heterocycles. The smallest absolute Gasteiger partial charge is 0.221 e. The summed E-state index contributed by atoms with van der Waals surface area (Å²) < 4.78 is 12.3. The monoisotopic (exact) mass is 155 g/mol. The first kappa shape index (κ1) is 7.72. The molecule has 0 aliphatic rings. The van der Waals surface area contributed by atoms with Crippen molar-refractivity contribution in [3.05, 3.63) is 35.6 Å². The van der Waals surface area contributed by atoms with Crippen LogP contribution in [0.2, 0.25) is 0 Å². The molecule has 11 heavy (non-hydrogen) atoms. The van der Waals surface area contributed by atoms with Gasteiger partial charge in [0.2, 0.25) is 5.91 Å². The van der Waals surface area contributed by atoms with Crippen LogP contribution in [0, 0.1) is 5.82 Å². The second kappa shape index (κ2) is 3.14. The highest BCUT2D eigenvalue weighted by Gasteiger charge is 1.97. The van der Waals surface area contributed by atoms with E-state index in [0.717, 1.165) is 5.56 Å². The van der Waals surface area contributed by atoms with Gasteiger partial charge in [0.1, 0.15) is 5.82 Å². The summed E-state index contributed by atoms with van der Waals surface area (Å²) >= 11 is 0. The molecule has 0 saturated heterocycles. The number of amides is 1. The highest BCUT2D eigenvalue weighted by molar-refractivity contribution is 5.76. The standard InChI is InChI=1S/C8H8FNO.H2/c9-7-3-1-6(2-4-7)5-8(10)11;/h1-4H,5H2,(H2,10,11);1H. The summed E-state index contributed by atoms with van der Waals surface area (Å²) in [5, 5.41) is 0. The molecule has 0 unspecified atom stereocenters. The van der Waals surface area contributed by atoms with Crippen LogP contribution in [-0.4, -0.2) is 5.91 Å². The fourth-order valence-corrected chi connectivity index (χ4v) is 0.803. The van der Waals surface area contributed by atoms with Gasteiger partial charge in [-0.15, -0.1) is 0 Å². The molecule has 1 amide bonds. The van der Waals surface area contributed by atoms with Crippen molar-refractivity contribution in [1.29, 1.82) is 0 Å². The predicted octanol–water partition coefficient (Wildman–Crippen LogP) is 1.10. The summed E-state index contributed by atoms with van der Waals surface area (Å²) in [4.78, 5) is 10.4. The van der Waals surface area contributed by atoms with Crippen LogP contribution >= 0.6 is 0 Å². The van der Waals surface area contributed by atoms with E-state index in [0.29, 0.717) is 0 Å². The van der Waals surface area contributed by atoms with E-state index in [1.165, 1.54) is 12.1 Å². The summed E-state index contributed by atoms with van der Waals surface area (Å²) in [6, 6.07) is 5.69. The Balaban J connectivity index is 0.00000121. The third-order valence-electron chi connectivity index (χ3n) is 1.29. The van der Waals surface area contributed by atoms with Gasteiger partial charge in [0.05, 0.1) is 6.42 Å². The summed E-state index contributed by atoms with van der Waals surface area (Å²) in [6.45, 7) is 0. The highest BCUT2D eigenvalue weighted by atomic mass is 19.1. The highest BCUT2D eigenvalue weighted by Crippen LogP contribution is 2.02. The SMILES string of the molecule is NC(=O)Cc1ccc(F)cc1.[HH]. The van der Waals surface area contributed by atoms with Gasteiger partial charge >= 0.3 is 0 Å². The van der Waals surface area contributed by atoms with Crippen molar-refractivity contribution in [2.24, 2.45) is 5.73 Å². The van der Waals surface area contributed by atoms with Crippen LogP contribution in [0.15, 0.2) is 24.3 Å². The van der Waals surface area contributed by atoms with Crippen molar-refractivity contribution >= 4 is 5.91 Å². The fraction of sp³-hybridized carbons (Fsp3) is 0.125. The largest absolute Gasteiger partial charge is 0.369 e. The van der Waals surface area contributed by atoms with Gasteiger partial charge in [-0.25, -0.2) is 4.39 Å². The van der Waals surface area contributed by atoms with Gasteiger partial charge in [0, 0.05) is 1.43 Å². The molecule has 0 aliphatic carbocycles. The third-order valence-corrected chi connectivity index (χ3v) is 1.29. The Morgan fingerprint density at radius 3 is 2.45 bits per heavy atom. The third kappa shape index (κ3) is 2.37. The zero-order valence-corrected chi connectivity index (χ0v) is 5.88. The average Bonchev–Trinajstić information content (AvgIpc) is 1.93. The summed E-state index contributed by atoms with van der Waals surface area (Å²) in [5.41, 5.74) is 5.66. The van der Waals surface area contributed by atoms with Gasteiger partial charge in [0.15, 0.2) is 0 Å². The fourth-order valence-electron chi connectivity index (χ4n) is 0.803. The number of nitrogens with two attached hydrogens (primary N) is 1. The van der Waals surface area contributed by atoms with Crippen LogP contribution in [0.4, 0.5) is 4.39 Å². The van der Waals surface area contributed by atoms with Crippen molar-refractivity contribution in [1.82, 2.24) is 0 Å². The molecular formula is C8H10FNO. The number of hydrogen-bond acceptors (Lipinski definition) is 1. The van der Waals surface area contributed by atoms with Crippen LogP contribution in [0.25, 0.3) is 0 Å². The number of halogens is 1. The van der Waals surface area contributed by atoms with E-state index in [-0.39, 0.29) is 13.7 Å². The van der Waals surface area contributed by atoms with Crippen LogP contribution in [0.1, 0.15) is 6.99 Å². The molecule has 0 atom stereocenters. The molecule has 1 rings (SSSR count). The zero-order valence-electron chi connectivity index (χ0n) is 5.88. The Bertz CT molecular complexity index is 260. The Morgan fingerprint density at radius 2 is 2.00 bits per heavy atom. The Kier molecular flexibility index (Phi) is 2.21. The van der Waals surface area contributed by atoms with E-state index < -0.39 is 5.91 Å². The number of rotatable bonds is 2. The molecule has 0 spiro atoms. The van der Waals surface area contributed by atoms with Crippen LogP contribution in [0.5, 0.6) is 0 Å². The maximum atomic E-state index is 12.3. The molecular weight excluding hydrogens is 145 g/mol. The van der Waals surface area contributed by atoms with E-state index in [4.69, 9.17) is 5.73 Å². The summed E-state index contributed by atoms with van der Waals surface area (Å²) in [7, 11) is 0. The molecule has 0 fully saturated rings. The summed E-state index contributed by atoms with van der Waals surface area (Å²) in [5.74, 6) is -0.713. The number of hydrogen-bond donors (Lipinski definition) is 1. The second-order valence-electron chi connectivity index (χ2n) is 2.27. The molecule has 0 aliphatic heterocycles. The van der Waals surface area contributed by atoms with Crippen molar-refractivity contribution < 1.29 is 10.6 Å². The maximum Gasteiger partial charge on any atom is 0.221 e. The van der Waals surface area contributed by atoms with Gasteiger partial charge < -0.3 is 5.73 Å². The van der Waals surface area contributed by atoms with Crippen molar-refractivity contribution in [3.63, 3.8) is 0 Å². The number of carbonyl (C=O) groups is 1. The van der Waals surface area contributed by atoms with Crippen molar-refractivity contribution in [2.45, 2.75) is 6.42 Å². The normalized spacial score (nSPS) is 9.55. The topological polar surface area (TPSA) is 43.1 Å². The first-order valence-corrected chi connectivity index (χ1v) is 3.21. The molecule has 2 N–H and O–H groups in total. The Morgan fingerprint density at radius 1 is 1.45 bits per heavy atom. The molecule has 0 bridgehead atoms. The van der Waals surface area contributed by atoms with Crippen LogP contribution < -0.4 is 5.73 Å². The van der Waals surface area contributed by atoms with Crippen molar-refractivity contribution in [2.75, 3.05) is 0 Å². The zero-order chi connectivity index (χ0) is 8.27. The van der Waals surface area contributed by atoms with E-state index in [1.807, 2.05) is 0 Å². The quantitative estimate of drug-likeness (QED) is 0.682. The van der Waals surface area contributed by atoms with E-state index in [1.54, 1.807) is 12.1 Å². The molecule has 0 radical (unpaired) electrons. The van der Waals surface area contributed by atoms with Crippen LogP contribution in [0.3, 0.4) is 0 Å². The first-order valence-electron chi connectivity index (χ1n) is 3.21. The lowest BCUT2D eigenvalue weighted by molar-refractivity contribution is -0.117.